The first-order valence-electron chi connectivity index (χ1n) is 16.2. The van der Waals surface area contributed by atoms with E-state index in [-0.39, 0.29) is 41.3 Å². The summed E-state index contributed by atoms with van der Waals surface area (Å²) in [7, 11) is 0. The molecule has 0 spiro atoms. The predicted octanol–water partition coefficient (Wildman–Crippen LogP) is 8.87. The lowest BCUT2D eigenvalue weighted by atomic mass is 9.92. The van der Waals surface area contributed by atoms with Gasteiger partial charge in [-0.3, -0.25) is 0 Å². The summed E-state index contributed by atoms with van der Waals surface area (Å²) in [6.07, 6.45) is -1.13. The quantitative estimate of drug-likeness (QED) is 0.172. The first kappa shape index (κ1) is 35.5. The van der Waals surface area contributed by atoms with Gasteiger partial charge in [-0.05, 0) is 72.0 Å². The Morgan fingerprint density at radius 2 is 1.71 bits per heavy atom. The van der Waals surface area contributed by atoms with Crippen molar-refractivity contribution in [3.05, 3.63) is 117 Å². The topological polar surface area (TPSA) is 120 Å². The van der Waals surface area contributed by atoms with E-state index >= 15 is 0 Å². The number of carboxylic acid groups (broad SMARTS) is 1. The molecule has 0 fully saturated rings. The van der Waals surface area contributed by atoms with Gasteiger partial charge < -0.3 is 29.2 Å². The van der Waals surface area contributed by atoms with E-state index in [9.17, 15) is 19.4 Å². The third kappa shape index (κ3) is 6.97. The second-order valence-corrected chi connectivity index (χ2v) is 13.9. The number of aromatic nitrogens is 2. The van der Waals surface area contributed by atoms with E-state index in [4.69, 9.17) is 42.1 Å². The maximum atomic E-state index is 14.1. The number of aliphatic carboxylic acids is 1. The number of carboxylic acids is 1. The molecule has 0 unspecified atom stereocenters. The Hall–Kier alpha value is -4.94. The highest BCUT2D eigenvalue weighted by Gasteiger charge is 2.31. The normalized spacial score (nSPS) is 15.7. The summed E-state index contributed by atoms with van der Waals surface area (Å²) in [6.45, 7) is 3.33. The second kappa shape index (κ2) is 15.0. The minimum Gasteiger partial charge on any atom is -0.490 e. The van der Waals surface area contributed by atoms with Crippen molar-refractivity contribution in [2.45, 2.75) is 39.1 Å². The molecule has 4 bridgehead atoms. The average Bonchev–Trinajstić information content (AvgIpc) is 3.53. The molecule has 0 amide bonds. The molecule has 0 saturated heterocycles. The van der Waals surface area contributed by atoms with Gasteiger partial charge in [-0.15, -0.1) is 11.3 Å². The summed E-state index contributed by atoms with van der Waals surface area (Å²) in [5.41, 5.74) is 4.46. The SMILES string of the molecule is Cc1c(Cl)c2c(Cl)c(C)c1-c1c(-c3ccc(F)cc3)sc3ncnc(c13)O[C@@H](C(=O)O)Cc1cc(ccc1OCc1ccccc1)OC[C@@H](CO)O2. The zero-order valence-corrected chi connectivity index (χ0v) is 30.2. The van der Waals surface area contributed by atoms with Crippen LogP contribution in [0.25, 0.3) is 31.8 Å². The molecule has 2 aliphatic rings. The standard InChI is InChI=1S/C39H31Cl2FN2O7S/c1-20-30-21(2)34(41)35(33(20)40)50-27(16-45)18-48-26-12-13-28(49-17-22-6-4-3-5-7-22)24(14-26)15-29(39(46)47)51-37-32-31(30)36(52-38(32)44-19-43-37)23-8-10-25(42)11-9-23/h3-14,19,27,29,45H,15-18H2,1-2H3,(H,46,47)/t27-,29-/m1/s1. The number of thiophene rings is 1. The molecular weight excluding hydrogens is 730 g/mol. The number of carbonyl (C=O) groups is 1. The van der Waals surface area contributed by atoms with E-state index < -0.39 is 30.6 Å². The number of nitrogens with zero attached hydrogens (tertiary/aromatic N) is 2. The van der Waals surface area contributed by atoms with Gasteiger partial charge in [0, 0.05) is 22.4 Å². The highest BCUT2D eigenvalue weighted by atomic mass is 35.5. The van der Waals surface area contributed by atoms with Crippen LogP contribution in [0.5, 0.6) is 23.1 Å². The fourth-order valence-corrected chi connectivity index (χ4v) is 7.79. The maximum Gasteiger partial charge on any atom is 0.345 e. The number of rotatable bonds is 6. The van der Waals surface area contributed by atoms with Gasteiger partial charge in [-0.25, -0.2) is 19.2 Å². The molecule has 4 heterocycles. The van der Waals surface area contributed by atoms with Gasteiger partial charge in [0.25, 0.3) is 0 Å². The van der Waals surface area contributed by atoms with Gasteiger partial charge in [0.2, 0.25) is 12.0 Å². The summed E-state index contributed by atoms with van der Waals surface area (Å²) < 4.78 is 38.9. The summed E-state index contributed by atoms with van der Waals surface area (Å²) in [4.78, 5) is 23.1. The van der Waals surface area contributed by atoms with Crippen molar-refractivity contribution in [3.63, 3.8) is 0 Å². The molecule has 8 rings (SSSR count). The Bertz CT molecular complexity index is 2260. The maximum absolute atomic E-state index is 14.1. The third-order valence-corrected chi connectivity index (χ3v) is 10.8. The van der Waals surface area contributed by atoms with Crippen molar-refractivity contribution >= 4 is 50.7 Å². The Labute approximate surface area is 312 Å². The lowest BCUT2D eigenvalue weighted by Crippen LogP contribution is -2.30. The Morgan fingerprint density at radius 3 is 2.40 bits per heavy atom. The largest absolute Gasteiger partial charge is 0.490 e. The van der Waals surface area contributed by atoms with Gasteiger partial charge in [0.15, 0.2) is 11.9 Å². The minimum atomic E-state index is -1.43. The van der Waals surface area contributed by atoms with Crippen LogP contribution in [0.4, 0.5) is 4.39 Å². The molecule has 13 heteroatoms. The van der Waals surface area contributed by atoms with Crippen LogP contribution in [0.15, 0.2) is 79.1 Å². The Morgan fingerprint density at radius 1 is 0.981 bits per heavy atom. The van der Waals surface area contributed by atoms with E-state index in [1.807, 2.05) is 30.3 Å². The van der Waals surface area contributed by atoms with Crippen molar-refractivity contribution in [1.82, 2.24) is 9.97 Å². The van der Waals surface area contributed by atoms with Crippen LogP contribution in [-0.2, 0) is 17.8 Å². The van der Waals surface area contributed by atoms with Gasteiger partial charge in [-0.2, -0.15) is 0 Å². The van der Waals surface area contributed by atoms with Crippen LogP contribution in [0, 0.1) is 19.7 Å². The van der Waals surface area contributed by atoms with Crippen molar-refractivity contribution in [2.75, 3.05) is 13.2 Å². The molecule has 2 aromatic heterocycles. The Kier molecular flexibility index (Phi) is 10.2. The van der Waals surface area contributed by atoms with E-state index in [0.29, 0.717) is 60.0 Å². The van der Waals surface area contributed by atoms with Crippen LogP contribution >= 0.6 is 34.5 Å². The number of aliphatic hydroxyl groups is 1. The molecule has 0 saturated carbocycles. The monoisotopic (exact) mass is 760 g/mol. The smallest absolute Gasteiger partial charge is 0.345 e. The molecular formula is C39H31Cl2FN2O7S. The fourth-order valence-electron chi connectivity index (χ4n) is 6.13. The second-order valence-electron chi connectivity index (χ2n) is 12.2. The molecule has 52 heavy (non-hydrogen) atoms. The Balaban J connectivity index is 1.44. The molecule has 6 aromatic rings. The highest BCUT2D eigenvalue weighted by Crippen LogP contribution is 2.53. The minimum absolute atomic E-state index is 0.0206. The number of fused-ring (bicyclic) bond motifs is 7. The van der Waals surface area contributed by atoms with Crippen LogP contribution in [0.1, 0.15) is 22.3 Å². The van der Waals surface area contributed by atoms with Gasteiger partial charge in [-0.1, -0.05) is 65.7 Å². The lowest BCUT2D eigenvalue weighted by Gasteiger charge is -2.23. The molecule has 2 N–H and O–H groups in total. The molecule has 9 nitrogen and oxygen atoms in total. The zero-order chi connectivity index (χ0) is 36.5. The number of hydrogen-bond donors (Lipinski definition) is 2. The zero-order valence-electron chi connectivity index (χ0n) is 27.9. The molecule has 266 valence electrons. The summed E-state index contributed by atoms with van der Waals surface area (Å²) in [6, 6.07) is 20.6. The van der Waals surface area contributed by atoms with Crippen LogP contribution in [-0.4, -0.2) is 51.6 Å². The summed E-state index contributed by atoms with van der Waals surface area (Å²) in [5, 5.41) is 21.7. The van der Waals surface area contributed by atoms with Crippen LogP contribution in [0.2, 0.25) is 10.0 Å². The number of aliphatic hydroxyl groups excluding tert-OH is 1. The van der Waals surface area contributed by atoms with Crippen molar-refractivity contribution < 1.29 is 38.3 Å². The number of benzene rings is 4. The van der Waals surface area contributed by atoms with Crippen molar-refractivity contribution in [1.29, 1.82) is 0 Å². The van der Waals surface area contributed by atoms with E-state index in [0.717, 1.165) is 5.56 Å². The summed E-state index contributed by atoms with van der Waals surface area (Å²) >= 11 is 15.3. The number of halogens is 3. The molecule has 0 aliphatic carbocycles. The average molecular weight is 762 g/mol. The van der Waals surface area contributed by atoms with Gasteiger partial charge >= 0.3 is 5.97 Å². The van der Waals surface area contributed by atoms with E-state index in [1.165, 1.54) is 29.8 Å². The van der Waals surface area contributed by atoms with Gasteiger partial charge in [0.05, 0.1) is 22.0 Å². The predicted molar refractivity (Wildman–Crippen MR) is 198 cm³/mol. The van der Waals surface area contributed by atoms with Crippen LogP contribution in [0.3, 0.4) is 0 Å². The highest BCUT2D eigenvalue weighted by molar-refractivity contribution is 7.22. The first-order valence-corrected chi connectivity index (χ1v) is 17.8. The fraction of sp³-hybridized carbons (Fsp3) is 0.205. The van der Waals surface area contributed by atoms with Gasteiger partial charge in [0.1, 0.15) is 41.7 Å². The number of ether oxygens (including phenoxy) is 4. The van der Waals surface area contributed by atoms with Crippen LogP contribution < -0.4 is 18.9 Å². The van der Waals surface area contributed by atoms with E-state index in [1.54, 1.807) is 44.2 Å². The molecule has 2 atom stereocenters. The van der Waals surface area contributed by atoms with Crippen molar-refractivity contribution in [3.8, 4) is 44.7 Å². The van der Waals surface area contributed by atoms with Crippen molar-refractivity contribution in [2.24, 2.45) is 0 Å². The third-order valence-electron chi connectivity index (χ3n) is 8.74. The summed E-state index contributed by atoms with van der Waals surface area (Å²) in [5.74, 6) is -0.643. The molecule has 2 aliphatic heterocycles. The van der Waals surface area contributed by atoms with E-state index in [2.05, 4.69) is 9.97 Å². The molecule has 4 aromatic carbocycles. The number of hydrogen-bond acceptors (Lipinski definition) is 9. The first-order chi connectivity index (χ1) is 25.1. The lowest BCUT2D eigenvalue weighted by molar-refractivity contribution is -0.145. The molecule has 0 radical (unpaired) electrons.